The molecule has 2 aromatic rings. The minimum atomic E-state index is -0.742. The van der Waals surface area contributed by atoms with Gasteiger partial charge in [0.2, 0.25) is 0 Å². The van der Waals surface area contributed by atoms with Crippen LogP contribution in [0.2, 0.25) is 0 Å². The summed E-state index contributed by atoms with van der Waals surface area (Å²) in [6.45, 7) is 19.9. The zero-order valence-corrected chi connectivity index (χ0v) is 22.6. The average Bonchev–Trinajstić information content (AvgIpc) is 2.87. The fraction of sp³-hybridized carbons (Fsp3) is 0.129. The quantitative estimate of drug-likeness (QED) is 0.156. The Kier molecular flexibility index (Phi) is 10.4. The van der Waals surface area contributed by atoms with Crippen LogP contribution in [0.5, 0.6) is 23.0 Å². The predicted octanol–water partition coefficient (Wildman–Crippen LogP) is 5.51. The summed E-state index contributed by atoms with van der Waals surface area (Å²) in [5.74, 6) is -3.51. The lowest BCUT2D eigenvalue weighted by Gasteiger charge is -2.11. The van der Waals surface area contributed by atoms with Gasteiger partial charge in [-0.25, -0.2) is 19.2 Å². The third-order valence-electron chi connectivity index (χ3n) is 4.79. The van der Waals surface area contributed by atoms with Crippen LogP contribution in [0.15, 0.2) is 91.1 Å². The van der Waals surface area contributed by atoms with Crippen molar-refractivity contribution in [3.63, 3.8) is 0 Å². The zero-order valence-electron chi connectivity index (χ0n) is 22.6. The third-order valence-corrected chi connectivity index (χ3v) is 4.79. The molecule has 9 nitrogen and oxygen atoms in total. The maximum Gasteiger partial charge on any atom is 0.338 e. The van der Waals surface area contributed by atoms with Crippen LogP contribution in [0.4, 0.5) is 0 Å². The van der Waals surface area contributed by atoms with Crippen molar-refractivity contribution in [2.45, 2.75) is 27.7 Å². The molecule has 0 bridgehead atoms. The number of hydrogen-bond donors (Lipinski definition) is 0. The smallest absolute Gasteiger partial charge is 0.338 e. The van der Waals surface area contributed by atoms with Gasteiger partial charge in [0.05, 0.1) is 0 Å². The van der Waals surface area contributed by atoms with Gasteiger partial charge in [0.1, 0.15) is 23.0 Å². The Hall–Kier alpha value is -5.31. The number of carbonyl (C=O) groups excluding carboxylic acids is 5. The lowest BCUT2D eigenvalue weighted by atomic mass is 10.1. The summed E-state index contributed by atoms with van der Waals surface area (Å²) in [6.07, 6.45) is 2.52. The first-order valence-electron chi connectivity index (χ1n) is 11.7. The summed E-state index contributed by atoms with van der Waals surface area (Å²) in [5, 5.41) is 0. The van der Waals surface area contributed by atoms with E-state index in [0.717, 1.165) is 6.08 Å². The molecule has 0 fully saturated rings. The molecule has 0 amide bonds. The minimum absolute atomic E-state index is 0.00992. The van der Waals surface area contributed by atoms with Gasteiger partial charge in [0.15, 0.2) is 5.78 Å². The van der Waals surface area contributed by atoms with Crippen molar-refractivity contribution < 1.29 is 42.9 Å². The van der Waals surface area contributed by atoms with Gasteiger partial charge < -0.3 is 18.9 Å². The van der Waals surface area contributed by atoms with Gasteiger partial charge in [-0.1, -0.05) is 26.3 Å². The van der Waals surface area contributed by atoms with Crippen molar-refractivity contribution in [2.75, 3.05) is 0 Å². The highest BCUT2D eigenvalue weighted by Gasteiger charge is 2.16. The molecule has 2 aromatic carbocycles. The zero-order chi connectivity index (χ0) is 30.1. The van der Waals surface area contributed by atoms with Crippen molar-refractivity contribution >= 4 is 35.7 Å². The molecule has 0 saturated heterocycles. The van der Waals surface area contributed by atoms with Crippen molar-refractivity contribution in [3.05, 3.63) is 102 Å². The normalized spacial score (nSPS) is 10.3. The number of hydrogen-bond acceptors (Lipinski definition) is 9. The van der Waals surface area contributed by atoms with Crippen LogP contribution in [0.25, 0.3) is 6.08 Å². The maximum atomic E-state index is 13.1. The average molecular weight is 545 g/mol. The Morgan fingerprint density at radius 2 is 1.00 bits per heavy atom. The van der Waals surface area contributed by atoms with Crippen molar-refractivity contribution in [1.82, 2.24) is 0 Å². The first kappa shape index (κ1) is 30.9. The number of ketones is 1. The summed E-state index contributed by atoms with van der Waals surface area (Å²) < 4.78 is 21.0. The molecule has 0 N–H and O–H groups in total. The molecular formula is C31H28O9. The number of benzene rings is 2. The van der Waals surface area contributed by atoms with E-state index in [1.165, 1.54) is 70.2 Å². The van der Waals surface area contributed by atoms with E-state index in [4.69, 9.17) is 18.9 Å². The third kappa shape index (κ3) is 8.91. The second kappa shape index (κ2) is 13.5. The van der Waals surface area contributed by atoms with Crippen molar-refractivity contribution in [2.24, 2.45) is 0 Å². The second-order valence-electron chi connectivity index (χ2n) is 8.77. The molecule has 0 saturated carbocycles. The molecular weight excluding hydrogens is 516 g/mol. The fourth-order valence-electron chi connectivity index (χ4n) is 2.67. The number of ether oxygens (including phenoxy) is 4. The Morgan fingerprint density at radius 1 is 0.575 bits per heavy atom. The molecule has 206 valence electrons. The number of rotatable bonds is 11. The van der Waals surface area contributed by atoms with Gasteiger partial charge in [-0.2, -0.15) is 0 Å². The van der Waals surface area contributed by atoms with Gasteiger partial charge in [0.25, 0.3) is 0 Å². The lowest BCUT2D eigenvalue weighted by Crippen LogP contribution is -2.11. The SMILES string of the molecule is C=C(C)C(=O)Oc1cc(OC(=O)C(=C)C)cc(C(=O)/C=C/c2ccc(OC(=O)C(=C)C)cc2OC(=O)C(=C)C)c1. The Bertz CT molecular complexity index is 1440. The molecule has 0 spiro atoms. The summed E-state index contributed by atoms with van der Waals surface area (Å²) >= 11 is 0. The molecule has 9 heteroatoms. The molecule has 40 heavy (non-hydrogen) atoms. The van der Waals surface area contributed by atoms with Gasteiger partial charge in [-0.3, -0.25) is 4.79 Å². The predicted molar refractivity (Wildman–Crippen MR) is 148 cm³/mol. The van der Waals surface area contributed by atoms with Crippen molar-refractivity contribution in [3.8, 4) is 23.0 Å². The van der Waals surface area contributed by atoms with Crippen LogP contribution in [-0.2, 0) is 19.2 Å². The van der Waals surface area contributed by atoms with Crippen LogP contribution in [-0.4, -0.2) is 29.7 Å². The van der Waals surface area contributed by atoms with Crippen LogP contribution in [0.3, 0.4) is 0 Å². The topological polar surface area (TPSA) is 122 Å². The minimum Gasteiger partial charge on any atom is -0.423 e. The molecule has 0 aromatic heterocycles. The molecule has 0 radical (unpaired) electrons. The van der Waals surface area contributed by atoms with E-state index in [2.05, 4.69) is 26.3 Å². The first-order valence-corrected chi connectivity index (χ1v) is 11.7. The van der Waals surface area contributed by atoms with Crippen LogP contribution >= 0.6 is 0 Å². The number of allylic oxidation sites excluding steroid dienone is 1. The van der Waals surface area contributed by atoms with Crippen LogP contribution in [0.1, 0.15) is 43.6 Å². The summed E-state index contributed by atoms with van der Waals surface area (Å²) in [6, 6.07) is 8.05. The molecule has 0 aliphatic heterocycles. The van der Waals surface area contributed by atoms with E-state index in [9.17, 15) is 24.0 Å². The van der Waals surface area contributed by atoms with E-state index in [1.54, 1.807) is 0 Å². The standard InChI is InChI=1S/C31H28O9/c1-17(2)28(33)37-23-11-9-21(27(16-23)40-31(36)20(7)8)10-12-26(32)22-13-24(38-29(34)18(3)4)15-25(14-22)39-30(35)19(5)6/h9-16H,1,3,5,7H2,2,4,6,8H3/b12-10+. The largest absolute Gasteiger partial charge is 0.423 e. The second-order valence-corrected chi connectivity index (χ2v) is 8.77. The highest BCUT2D eigenvalue weighted by Crippen LogP contribution is 2.29. The summed E-state index contributed by atoms with van der Waals surface area (Å²) in [4.78, 5) is 61.2. The Labute approximate surface area is 231 Å². The van der Waals surface area contributed by atoms with Gasteiger partial charge in [0, 0.05) is 45.6 Å². The number of esters is 4. The van der Waals surface area contributed by atoms with Crippen molar-refractivity contribution in [1.29, 1.82) is 0 Å². The van der Waals surface area contributed by atoms with E-state index in [1.807, 2.05) is 0 Å². The fourth-order valence-corrected chi connectivity index (χ4v) is 2.67. The highest BCUT2D eigenvalue weighted by molar-refractivity contribution is 6.08. The van der Waals surface area contributed by atoms with Gasteiger partial charge in [-0.15, -0.1) is 0 Å². The van der Waals surface area contributed by atoms with E-state index in [0.29, 0.717) is 0 Å². The molecule has 0 aliphatic rings. The Morgan fingerprint density at radius 3 is 1.45 bits per heavy atom. The summed E-state index contributed by atoms with van der Waals surface area (Å²) in [5.41, 5.74) is 0.822. The van der Waals surface area contributed by atoms with Gasteiger partial charge in [-0.05, 0) is 64.1 Å². The van der Waals surface area contributed by atoms with Crippen LogP contribution in [0, 0.1) is 0 Å². The van der Waals surface area contributed by atoms with E-state index >= 15 is 0 Å². The highest BCUT2D eigenvalue weighted by atomic mass is 16.6. The van der Waals surface area contributed by atoms with E-state index in [-0.39, 0.29) is 56.4 Å². The number of carbonyl (C=O) groups is 5. The lowest BCUT2D eigenvalue weighted by molar-refractivity contribution is -0.131. The molecule has 0 aliphatic carbocycles. The molecule has 0 heterocycles. The molecule has 2 rings (SSSR count). The first-order chi connectivity index (χ1) is 18.7. The molecule has 0 atom stereocenters. The monoisotopic (exact) mass is 544 g/mol. The summed E-state index contributed by atoms with van der Waals surface area (Å²) in [7, 11) is 0. The molecule has 0 unspecified atom stereocenters. The van der Waals surface area contributed by atoms with E-state index < -0.39 is 29.7 Å². The van der Waals surface area contributed by atoms with Gasteiger partial charge >= 0.3 is 23.9 Å². The van der Waals surface area contributed by atoms with Crippen LogP contribution < -0.4 is 18.9 Å². The maximum absolute atomic E-state index is 13.1. The Balaban J connectivity index is 2.47.